The second-order valence-electron chi connectivity index (χ2n) is 11.6. The fraction of sp³-hybridized carbons (Fsp3) is 0.290. The van der Waals surface area contributed by atoms with E-state index in [1.165, 1.54) is 11.3 Å². The third kappa shape index (κ3) is 6.48. The lowest BCUT2D eigenvalue weighted by Crippen LogP contribution is -2.32. The summed E-state index contributed by atoms with van der Waals surface area (Å²) in [6.07, 6.45) is 5.92. The number of carbonyl (C=O) groups excluding carboxylic acids is 1. The fourth-order valence-electron chi connectivity index (χ4n) is 4.82. The number of imidazole rings is 1. The van der Waals surface area contributed by atoms with E-state index in [1.807, 2.05) is 54.1 Å². The molecule has 0 spiro atoms. The lowest BCUT2D eigenvalue weighted by atomic mass is 10.1. The largest absolute Gasteiger partial charge is 0.444 e. The van der Waals surface area contributed by atoms with Gasteiger partial charge in [-0.05, 0) is 76.3 Å². The molecule has 1 saturated carbocycles. The van der Waals surface area contributed by atoms with Crippen LogP contribution in [0.1, 0.15) is 56.1 Å². The molecule has 10 nitrogen and oxygen atoms in total. The van der Waals surface area contributed by atoms with Gasteiger partial charge in [-0.3, -0.25) is 10.3 Å². The van der Waals surface area contributed by atoms with E-state index >= 15 is 0 Å². The summed E-state index contributed by atoms with van der Waals surface area (Å²) >= 11 is 8.10. The topological polar surface area (TPSA) is 128 Å². The first-order valence-corrected chi connectivity index (χ1v) is 16.8. The molecule has 0 saturated heterocycles. The minimum atomic E-state index is -3.67. The van der Waals surface area contributed by atoms with E-state index in [0.717, 1.165) is 32.9 Å². The van der Waals surface area contributed by atoms with Crippen molar-refractivity contribution >= 4 is 55.0 Å². The van der Waals surface area contributed by atoms with Gasteiger partial charge in [0.2, 0.25) is 10.0 Å². The second-order valence-corrected chi connectivity index (χ2v) is 15.1. The number of carbonyl (C=O) groups is 1. The molecule has 1 unspecified atom stereocenters. The standard InChI is InChI=1S/C31H31ClN6O4S2/c1-18-33-14-15-38(18)20-12-13-34-24(17-20)22-7-5-6-19-16-25(43-29(19)22)28(37-44(40,41)21-8-9-21)27-23(32)10-11-26(35-27)36-30(39)42-31(2,3)4/h5-7,10-17,21,28,37H,8-9H2,1-4H3,(H,35,36,39). The first-order valence-electron chi connectivity index (χ1n) is 14.0. The Morgan fingerprint density at radius 1 is 1.11 bits per heavy atom. The number of benzene rings is 1. The first kappa shape index (κ1) is 30.2. The van der Waals surface area contributed by atoms with Crippen LogP contribution in [0.25, 0.3) is 27.0 Å². The van der Waals surface area contributed by atoms with Gasteiger partial charge in [0.05, 0.1) is 33.4 Å². The fourth-order valence-corrected chi connectivity index (χ4v) is 7.86. The van der Waals surface area contributed by atoms with E-state index in [1.54, 1.807) is 45.3 Å². The number of halogens is 1. The minimum Gasteiger partial charge on any atom is -0.444 e. The highest BCUT2D eigenvalue weighted by atomic mass is 35.5. The van der Waals surface area contributed by atoms with Gasteiger partial charge in [0, 0.05) is 33.7 Å². The third-order valence-electron chi connectivity index (χ3n) is 6.99. The lowest BCUT2D eigenvalue weighted by molar-refractivity contribution is 0.0635. The van der Waals surface area contributed by atoms with E-state index < -0.39 is 33.0 Å². The van der Waals surface area contributed by atoms with Gasteiger partial charge in [-0.25, -0.2) is 27.9 Å². The van der Waals surface area contributed by atoms with Gasteiger partial charge < -0.3 is 9.30 Å². The maximum absolute atomic E-state index is 13.3. The predicted octanol–water partition coefficient (Wildman–Crippen LogP) is 7.02. The minimum absolute atomic E-state index is 0.187. The van der Waals surface area contributed by atoms with Crippen LogP contribution in [0.3, 0.4) is 0 Å². The average molecular weight is 651 g/mol. The van der Waals surface area contributed by atoms with Crippen molar-refractivity contribution < 1.29 is 17.9 Å². The number of rotatable bonds is 8. The Bertz CT molecular complexity index is 1980. The number of anilines is 1. The number of thiophene rings is 1. The van der Waals surface area contributed by atoms with Crippen molar-refractivity contribution in [3.63, 3.8) is 0 Å². The van der Waals surface area contributed by atoms with Crippen LogP contribution in [-0.4, -0.2) is 44.9 Å². The van der Waals surface area contributed by atoms with Crippen molar-refractivity contribution in [3.8, 4) is 16.9 Å². The van der Waals surface area contributed by atoms with Gasteiger partial charge >= 0.3 is 6.09 Å². The van der Waals surface area contributed by atoms with E-state index in [2.05, 4.69) is 25.0 Å². The van der Waals surface area contributed by atoms with Crippen LogP contribution in [0.4, 0.5) is 10.6 Å². The van der Waals surface area contributed by atoms with Gasteiger partial charge in [-0.1, -0.05) is 29.8 Å². The van der Waals surface area contributed by atoms with E-state index in [9.17, 15) is 13.2 Å². The number of hydrogen-bond acceptors (Lipinski definition) is 8. The second kappa shape index (κ2) is 11.6. The quantitative estimate of drug-likeness (QED) is 0.185. The van der Waals surface area contributed by atoms with Crippen LogP contribution in [-0.2, 0) is 14.8 Å². The number of aryl methyl sites for hydroxylation is 1. The summed E-state index contributed by atoms with van der Waals surface area (Å²) in [6, 6.07) is 14.0. The molecule has 1 aliphatic rings. The molecule has 2 N–H and O–H groups in total. The van der Waals surface area contributed by atoms with E-state index in [0.29, 0.717) is 17.7 Å². The number of hydrogen-bond donors (Lipinski definition) is 2. The third-order valence-corrected chi connectivity index (χ3v) is 10.5. The molecule has 4 aromatic heterocycles. The Labute approximate surface area is 264 Å². The zero-order valence-corrected chi connectivity index (χ0v) is 26.9. The Morgan fingerprint density at radius 3 is 2.61 bits per heavy atom. The number of aromatic nitrogens is 4. The highest BCUT2D eigenvalue weighted by molar-refractivity contribution is 7.90. The highest BCUT2D eigenvalue weighted by Crippen LogP contribution is 2.41. The molecule has 0 radical (unpaired) electrons. The molecule has 1 aromatic carbocycles. The normalized spacial score (nSPS) is 14.5. The van der Waals surface area contributed by atoms with Crippen LogP contribution in [0.2, 0.25) is 5.02 Å². The summed E-state index contributed by atoms with van der Waals surface area (Å²) in [5.74, 6) is 1.05. The molecule has 1 fully saturated rings. The summed E-state index contributed by atoms with van der Waals surface area (Å²) in [5, 5.41) is 3.34. The molecule has 6 rings (SSSR count). The summed E-state index contributed by atoms with van der Waals surface area (Å²) in [6.45, 7) is 7.22. The number of ether oxygens (including phenoxy) is 1. The first-order chi connectivity index (χ1) is 20.9. The van der Waals surface area contributed by atoms with Gasteiger partial charge in [0.15, 0.2) is 0 Å². The average Bonchev–Trinajstić information content (AvgIpc) is 3.61. The molecule has 4 heterocycles. The van der Waals surface area contributed by atoms with Crippen molar-refractivity contribution in [2.45, 2.75) is 57.4 Å². The summed E-state index contributed by atoms with van der Waals surface area (Å²) in [7, 11) is -3.67. The van der Waals surface area contributed by atoms with Gasteiger partial charge in [0.25, 0.3) is 0 Å². The molecular formula is C31H31ClN6O4S2. The summed E-state index contributed by atoms with van der Waals surface area (Å²) < 4.78 is 37.7. The molecule has 44 heavy (non-hydrogen) atoms. The Kier molecular flexibility index (Phi) is 7.95. The van der Waals surface area contributed by atoms with Gasteiger partial charge in [-0.15, -0.1) is 11.3 Å². The molecule has 1 aliphatic carbocycles. The highest BCUT2D eigenvalue weighted by Gasteiger charge is 2.39. The number of nitrogens with zero attached hydrogens (tertiary/aromatic N) is 4. The number of amides is 1. The van der Waals surface area contributed by atoms with Crippen molar-refractivity contribution in [1.29, 1.82) is 0 Å². The van der Waals surface area contributed by atoms with E-state index in [-0.39, 0.29) is 16.5 Å². The van der Waals surface area contributed by atoms with Crippen LogP contribution in [0.15, 0.2) is 67.1 Å². The maximum atomic E-state index is 13.3. The Hall–Kier alpha value is -3.84. The summed E-state index contributed by atoms with van der Waals surface area (Å²) in [5.41, 5.74) is 2.17. The summed E-state index contributed by atoms with van der Waals surface area (Å²) in [4.78, 5) is 26.8. The molecule has 1 atom stereocenters. The smallest absolute Gasteiger partial charge is 0.413 e. The number of fused-ring (bicyclic) bond motifs is 1. The lowest BCUT2D eigenvalue weighted by Gasteiger charge is -2.21. The van der Waals surface area contributed by atoms with Crippen LogP contribution < -0.4 is 10.0 Å². The van der Waals surface area contributed by atoms with Gasteiger partial charge in [0.1, 0.15) is 17.2 Å². The maximum Gasteiger partial charge on any atom is 0.413 e. The molecule has 1 amide bonds. The molecule has 0 bridgehead atoms. The Balaban J connectivity index is 1.42. The van der Waals surface area contributed by atoms with Crippen molar-refractivity contribution in [1.82, 2.24) is 24.2 Å². The van der Waals surface area contributed by atoms with Crippen molar-refractivity contribution in [2.24, 2.45) is 0 Å². The van der Waals surface area contributed by atoms with Crippen molar-refractivity contribution in [2.75, 3.05) is 5.32 Å². The molecular weight excluding hydrogens is 620 g/mol. The molecule has 228 valence electrons. The predicted molar refractivity (Wildman–Crippen MR) is 173 cm³/mol. The molecule has 5 aromatic rings. The Morgan fingerprint density at radius 2 is 1.91 bits per heavy atom. The number of sulfonamides is 1. The van der Waals surface area contributed by atoms with Gasteiger partial charge in [-0.2, -0.15) is 0 Å². The van der Waals surface area contributed by atoms with Crippen LogP contribution >= 0.6 is 22.9 Å². The molecule has 13 heteroatoms. The molecule has 0 aliphatic heterocycles. The number of pyridine rings is 2. The number of nitrogens with one attached hydrogen (secondary N) is 2. The SMILES string of the molecule is Cc1nccn1-c1ccnc(-c2cccc3cc(C(NS(=O)(=O)C4CC4)c4nc(NC(=O)OC(C)(C)C)ccc4Cl)sc23)c1. The van der Waals surface area contributed by atoms with E-state index in [4.69, 9.17) is 16.3 Å². The zero-order chi connectivity index (χ0) is 31.2. The van der Waals surface area contributed by atoms with Crippen molar-refractivity contribution in [3.05, 3.63) is 88.5 Å². The van der Waals surface area contributed by atoms with Crippen LogP contribution in [0.5, 0.6) is 0 Å². The van der Waals surface area contributed by atoms with Crippen LogP contribution in [0, 0.1) is 6.92 Å². The monoisotopic (exact) mass is 650 g/mol. The zero-order valence-electron chi connectivity index (χ0n) is 24.5.